The molecule has 0 fully saturated rings. The molecule has 1 aromatic heterocycles. The van der Waals surface area contributed by atoms with Crippen molar-refractivity contribution in [2.45, 2.75) is 19.7 Å². The Kier molecular flexibility index (Phi) is 6.41. The summed E-state index contributed by atoms with van der Waals surface area (Å²) in [7, 11) is 0. The van der Waals surface area contributed by atoms with Crippen LogP contribution < -0.4 is 15.4 Å². The molecule has 9 heteroatoms. The molecule has 0 aliphatic carbocycles. The van der Waals surface area contributed by atoms with Crippen LogP contribution in [0, 0.1) is 6.92 Å². The van der Waals surface area contributed by atoms with Gasteiger partial charge in [-0.2, -0.15) is 13.2 Å². The number of benzene rings is 2. The van der Waals surface area contributed by atoms with E-state index in [1.54, 1.807) is 24.3 Å². The van der Waals surface area contributed by atoms with Crippen molar-refractivity contribution in [2.24, 2.45) is 0 Å². The second kappa shape index (κ2) is 9.00. The average molecular weight is 434 g/mol. The van der Waals surface area contributed by atoms with Gasteiger partial charge in [0, 0.05) is 11.8 Å². The molecule has 30 heavy (non-hydrogen) atoms. The lowest BCUT2D eigenvalue weighted by Gasteiger charge is -2.12. The van der Waals surface area contributed by atoms with E-state index in [4.69, 9.17) is 17.0 Å². The molecule has 5 nitrogen and oxygen atoms in total. The van der Waals surface area contributed by atoms with Crippen LogP contribution in [0.3, 0.4) is 0 Å². The largest absolute Gasteiger partial charge is 0.489 e. The standard InChI is InChI=1S/C21H17F3N2O3S/c1-13-10-17(18(29-13)21(22,23)24)19(27)26-20(30)25-15-8-5-9-16(11-15)28-12-14-6-3-2-4-7-14/h2-11H,12H2,1H3,(H2,25,26,27,30). The van der Waals surface area contributed by atoms with Gasteiger partial charge < -0.3 is 14.5 Å². The van der Waals surface area contributed by atoms with Gasteiger partial charge in [-0.3, -0.25) is 10.1 Å². The number of amides is 1. The van der Waals surface area contributed by atoms with Gasteiger partial charge >= 0.3 is 6.18 Å². The lowest BCUT2D eigenvalue weighted by Crippen LogP contribution is -2.34. The Morgan fingerprint density at radius 3 is 2.53 bits per heavy atom. The first-order valence-electron chi connectivity index (χ1n) is 8.79. The van der Waals surface area contributed by atoms with Crippen LogP contribution in [-0.2, 0) is 12.8 Å². The first-order chi connectivity index (χ1) is 14.2. The fourth-order valence-corrected chi connectivity index (χ4v) is 2.84. The van der Waals surface area contributed by atoms with Gasteiger partial charge in [0.25, 0.3) is 5.91 Å². The minimum absolute atomic E-state index is 0.0328. The molecule has 0 bridgehead atoms. The number of rotatable bonds is 5. The van der Waals surface area contributed by atoms with Gasteiger partial charge in [-0.15, -0.1) is 0 Å². The highest BCUT2D eigenvalue weighted by Crippen LogP contribution is 2.34. The van der Waals surface area contributed by atoms with Gasteiger partial charge in [-0.25, -0.2) is 0 Å². The molecular weight excluding hydrogens is 417 g/mol. The van der Waals surface area contributed by atoms with Crippen LogP contribution in [0.15, 0.2) is 65.1 Å². The summed E-state index contributed by atoms with van der Waals surface area (Å²) < 4.78 is 49.4. The average Bonchev–Trinajstić information content (AvgIpc) is 3.10. The van der Waals surface area contributed by atoms with E-state index in [2.05, 4.69) is 15.1 Å². The van der Waals surface area contributed by atoms with Crippen LogP contribution in [0.5, 0.6) is 5.75 Å². The molecule has 2 N–H and O–H groups in total. The van der Waals surface area contributed by atoms with Crippen molar-refractivity contribution in [1.82, 2.24) is 5.32 Å². The summed E-state index contributed by atoms with van der Waals surface area (Å²) >= 11 is 5.04. The third-order valence-electron chi connectivity index (χ3n) is 3.92. The van der Waals surface area contributed by atoms with Gasteiger partial charge in [-0.05, 0) is 42.9 Å². The highest BCUT2D eigenvalue weighted by Gasteiger charge is 2.40. The molecule has 156 valence electrons. The van der Waals surface area contributed by atoms with Gasteiger partial charge in [-0.1, -0.05) is 36.4 Å². The maximum absolute atomic E-state index is 13.0. The maximum Gasteiger partial charge on any atom is 0.450 e. The Morgan fingerprint density at radius 1 is 1.10 bits per heavy atom. The number of alkyl halides is 3. The van der Waals surface area contributed by atoms with E-state index in [1.807, 2.05) is 30.3 Å². The molecular formula is C21H17F3N2O3S. The van der Waals surface area contributed by atoms with E-state index < -0.39 is 23.4 Å². The minimum Gasteiger partial charge on any atom is -0.489 e. The second-order valence-electron chi connectivity index (χ2n) is 6.31. The molecule has 1 amide bonds. The predicted molar refractivity (Wildman–Crippen MR) is 109 cm³/mol. The Labute approximate surface area is 175 Å². The number of hydrogen-bond acceptors (Lipinski definition) is 4. The number of furan rings is 1. The molecule has 3 aromatic rings. The number of nitrogens with one attached hydrogen (secondary N) is 2. The Hall–Kier alpha value is -3.33. The lowest BCUT2D eigenvalue weighted by atomic mass is 10.2. The smallest absolute Gasteiger partial charge is 0.450 e. The highest BCUT2D eigenvalue weighted by atomic mass is 32.1. The molecule has 0 saturated carbocycles. The van der Waals surface area contributed by atoms with Crippen LogP contribution >= 0.6 is 12.2 Å². The Bertz CT molecular complexity index is 1050. The zero-order chi connectivity index (χ0) is 21.7. The molecule has 0 spiro atoms. The summed E-state index contributed by atoms with van der Waals surface area (Å²) in [5.74, 6) is -1.86. The molecule has 0 saturated heterocycles. The van der Waals surface area contributed by atoms with E-state index >= 15 is 0 Å². The summed E-state index contributed by atoms with van der Waals surface area (Å²) in [6, 6.07) is 17.4. The van der Waals surface area contributed by atoms with Crippen molar-refractivity contribution in [3.05, 3.63) is 83.3 Å². The SMILES string of the molecule is Cc1cc(C(=O)NC(=S)Nc2cccc(OCc3ccccc3)c2)c(C(F)(F)F)o1. The Balaban J connectivity index is 1.62. The zero-order valence-corrected chi connectivity index (χ0v) is 16.6. The van der Waals surface area contributed by atoms with Crippen LogP contribution in [-0.4, -0.2) is 11.0 Å². The van der Waals surface area contributed by atoms with E-state index in [0.29, 0.717) is 18.0 Å². The third kappa shape index (κ3) is 5.60. The van der Waals surface area contributed by atoms with E-state index in [-0.39, 0.29) is 10.9 Å². The molecule has 3 rings (SSSR count). The summed E-state index contributed by atoms with van der Waals surface area (Å²) in [5.41, 5.74) is 0.865. The molecule has 0 unspecified atom stereocenters. The molecule has 1 heterocycles. The summed E-state index contributed by atoms with van der Waals surface area (Å²) in [6.07, 6.45) is -4.79. The maximum atomic E-state index is 13.0. The topological polar surface area (TPSA) is 63.5 Å². The van der Waals surface area contributed by atoms with Crippen LogP contribution in [0.4, 0.5) is 18.9 Å². The van der Waals surface area contributed by atoms with Crippen LogP contribution in [0.2, 0.25) is 0 Å². The Morgan fingerprint density at radius 2 is 1.83 bits per heavy atom. The number of carbonyl (C=O) groups excluding carboxylic acids is 1. The van der Waals surface area contributed by atoms with Gasteiger partial charge in [0.05, 0.1) is 5.56 Å². The monoisotopic (exact) mass is 434 g/mol. The fourth-order valence-electron chi connectivity index (χ4n) is 2.63. The van der Waals surface area contributed by atoms with Crippen molar-refractivity contribution < 1.29 is 27.1 Å². The second-order valence-corrected chi connectivity index (χ2v) is 6.72. The van der Waals surface area contributed by atoms with Gasteiger partial charge in [0.1, 0.15) is 18.1 Å². The highest BCUT2D eigenvalue weighted by molar-refractivity contribution is 7.80. The van der Waals surface area contributed by atoms with Crippen molar-refractivity contribution in [3.8, 4) is 5.75 Å². The number of aryl methyl sites for hydroxylation is 1. The number of ether oxygens (including phenoxy) is 1. The number of thiocarbonyl (C=S) groups is 1. The van der Waals surface area contributed by atoms with Crippen molar-refractivity contribution in [3.63, 3.8) is 0 Å². The summed E-state index contributed by atoms with van der Waals surface area (Å²) in [6.45, 7) is 1.69. The predicted octanol–water partition coefficient (Wildman–Crippen LogP) is 5.31. The van der Waals surface area contributed by atoms with E-state index in [1.165, 1.54) is 6.92 Å². The van der Waals surface area contributed by atoms with E-state index in [9.17, 15) is 18.0 Å². The number of halogens is 3. The zero-order valence-electron chi connectivity index (χ0n) is 15.7. The lowest BCUT2D eigenvalue weighted by molar-refractivity contribution is -0.153. The van der Waals surface area contributed by atoms with Crippen molar-refractivity contribution in [1.29, 1.82) is 0 Å². The van der Waals surface area contributed by atoms with Crippen LogP contribution in [0.25, 0.3) is 0 Å². The summed E-state index contributed by atoms with van der Waals surface area (Å²) in [4.78, 5) is 12.2. The summed E-state index contributed by atoms with van der Waals surface area (Å²) in [5, 5.41) is 4.82. The first kappa shape index (κ1) is 21.4. The quantitative estimate of drug-likeness (QED) is 0.533. The molecule has 0 aliphatic heterocycles. The fraction of sp³-hybridized carbons (Fsp3) is 0.143. The first-order valence-corrected chi connectivity index (χ1v) is 9.20. The molecule has 0 radical (unpaired) electrons. The van der Waals surface area contributed by atoms with Crippen molar-refractivity contribution >= 4 is 28.9 Å². The van der Waals surface area contributed by atoms with Crippen molar-refractivity contribution in [2.75, 3.05) is 5.32 Å². The number of hydrogen-bond donors (Lipinski definition) is 2. The molecule has 0 atom stereocenters. The third-order valence-corrected chi connectivity index (χ3v) is 4.13. The van der Waals surface area contributed by atoms with Gasteiger partial charge in [0.2, 0.25) is 5.76 Å². The normalized spacial score (nSPS) is 11.1. The van der Waals surface area contributed by atoms with E-state index in [0.717, 1.165) is 11.6 Å². The number of carbonyl (C=O) groups is 1. The molecule has 0 aliphatic rings. The minimum atomic E-state index is -4.79. The molecule has 2 aromatic carbocycles. The number of anilines is 1. The van der Waals surface area contributed by atoms with Crippen LogP contribution in [0.1, 0.15) is 27.4 Å². The van der Waals surface area contributed by atoms with Gasteiger partial charge in [0.15, 0.2) is 5.11 Å².